The fourth-order valence-electron chi connectivity index (χ4n) is 2.67. The van der Waals surface area contributed by atoms with Gasteiger partial charge >= 0.3 is 0 Å². The third-order valence-corrected chi connectivity index (χ3v) is 5.36. The lowest BCUT2D eigenvalue weighted by Crippen LogP contribution is -2.46. The molecule has 1 saturated heterocycles. The van der Waals surface area contributed by atoms with Crippen molar-refractivity contribution in [3.8, 4) is 0 Å². The second-order valence-corrected chi connectivity index (χ2v) is 7.26. The van der Waals surface area contributed by atoms with Crippen molar-refractivity contribution in [3.05, 3.63) is 29.8 Å². The summed E-state index contributed by atoms with van der Waals surface area (Å²) in [7, 11) is -4.11. The first-order valence-corrected chi connectivity index (χ1v) is 9.09. The number of rotatable bonds is 6. The van der Waals surface area contributed by atoms with Crippen molar-refractivity contribution < 1.29 is 26.7 Å². The molecule has 1 amide bonds. The minimum Gasteiger partial charge on any atom is -0.381 e. The van der Waals surface area contributed by atoms with Crippen molar-refractivity contribution in [1.82, 2.24) is 9.62 Å². The quantitative estimate of drug-likeness (QED) is 0.827. The second-order valence-electron chi connectivity index (χ2n) is 5.53. The Morgan fingerprint density at radius 1 is 1.33 bits per heavy atom. The average molecular weight is 362 g/mol. The SMILES string of the molecule is CC(=O)N(CCNS(=O)(=O)c1ccc(F)cc1F)C1CCOCC1. The second kappa shape index (κ2) is 8.00. The molecule has 2 rings (SSSR count). The molecular weight excluding hydrogens is 342 g/mol. The van der Waals surface area contributed by atoms with Gasteiger partial charge < -0.3 is 9.64 Å². The molecule has 134 valence electrons. The number of hydrogen-bond acceptors (Lipinski definition) is 4. The molecule has 0 saturated carbocycles. The van der Waals surface area contributed by atoms with Crippen molar-refractivity contribution >= 4 is 15.9 Å². The van der Waals surface area contributed by atoms with Crippen LogP contribution in [0.25, 0.3) is 0 Å². The Morgan fingerprint density at radius 2 is 2.00 bits per heavy atom. The van der Waals surface area contributed by atoms with Crippen LogP contribution >= 0.6 is 0 Å². The predicted octanol–water partition coefficient (Wildman–Crippen LogP) is 1.27. The van der Waals surface area contributed by atoms with Crippen LogP contribution in [0.4, 0.5) is 8.78 Å². The highest BCUT2D eigenvalue weighted by Crippen LogP contribution is 2.16. The summed E-state index contributed by atoms with van der Waals surface area (Å²) in [6.07, 6.45) is 1.39. The van der Waals surface area contributed by atoms with Gasteiger partial charge in [-0.2, -0.15) is 0 Å². The molecule has 0 bridgehead atoms. The van der Waals surface area contributed by atoms with Crippen LogP contribution < -0.4 is 4.72 Å². The largest absolute Gasteiger partial charge is 0.381 e. The molecule has 1 fully saturated rings. The van der Waals surface area contributed by atoms with Crippen LogP contribution in [0.5, 0.6) is 0 Å². The summed E-state index contributed by atoms with van der Waals surface area (Å²) >= 11 is 0. The Kier molecular flexibility index (Phi) is 6.25. The van der Waals surface area contributed by atoms with E-state index in [1.54, 1.807) is 4.90 Å². The van der Waals surface area contributed by atoms with Crippen molar-refractivity contribution in [1.29, 1.82) is 0 Å². The predicted molar refractivity (Wildman–Crippen MR) is 82.8 cm³/mol. The number of benzene rings is 1. The van der Waals surface area contributed by atoms with Gasteiger partial charge in [-0.3, -0.25) is 4.79 Å². The first kappa shape index (κ1) is 18.8. The molecule has 0 aliphatic carbocycles. The van der Waals surface area contributed by atoms with Gasteiger partial charge in [0.15, 0.2) is 0 Å². The molecule has 1 heterocycles. The van der Waals surface area contributed by atoms with E-state index >= 15 is 0 Å². The Hall–Kier alpha value is -1.58. The molecule has 0 aromatic heterocycles. The van der Waals surface area contributed by atoms with E-state index in [-0.39, 0.29) is 25.0 Å². The monoisotopic (exact) mass is 362 g/mol. The fourth-order valence-corrected chi connectivity index (χ4v) is 3.74. The Labute approximate surface area is 139 Å². The average Bonchev–Trinajstić information content (AvgIpc) is 2.51. The zero-order valence-electron chi connectivity index (χ0n) is 13.3. The van der Waals surface area contributed by atoms with Gasteiger partial charge in [0.2, 0.25) is 15.9 Å². The lowest BCUT2D eigenvalue weighted by atomic mass is 10.1. The maximum absolute atomic E-state index is 13.6. The third kappa shape index (κ3) is 4.71. The van der Waals surface area contributed by atoms with E-state index in [1.165, 1.54) is 6.92 Å². The molecule has 0 spiro atoms. The third-order valence-electron chi connectivity index (χ3n) is 3.86. The van der Waals surface area contributed by atoms with E-state index in [2.05, 4.69) is 4.72 Å². The standard InChI is InChI=1S/C15H20F2N2O4S/c1-11(20)19(13-4-8-23-9-5-13)7-6-18-24(21,22)15-3-2-12(16)10-14(15)17/h2-3,10,13,18H,4-9H2,1H3. The number of carbonyl (C=O) groups excluding carboxylic acids is 1. The lowest BCUT2D eigenvalue weighted by Gasteiger charge is -2.33. The smallest absolute Gasteiger partial charge is 0.243 e. The highest BCUT2D eigenvalue weighted by atomic mass is 32.2. The molecule has 1 aromatic carbocycles. The van der Waals surface area contributed by atoms with Gasteiger partial charge in [0.05, 0.1) is 0 Å². The minimum atomic E-state index is -4.11. The number of amides is 1. The van der Waals surface area contributed by atoms with E-state index in [0.717, 1.165) is 12.1 Å². The van der Waals surface area contributed by atoms with Crippen LogP contribution in [-0.2, 0) is 19.6 Å². The normalized spacial score (nSPS) is 16.1. The number of halogens is 2. The number of carbonyl (C=O) groups is 1. The first-order valence-electron chi connectivity index (χ1n) is 7.61. The Morgan fingerprint density at radius 3 is 2.58 bits per heavy atom. The van der Waals surface area contributed by atoms with Crippen LogP contribution in [0.2, 0.25) is 0 Å². The molecule has 9 heteroatoms. The molecule has 0 radical (unpaired) electrons. The summed E-state index contributed by atoms with van der Waals surface area (Å²) in [6.45, 7) is 2.64. The molecule has 1 aromatic rings. The molecule has 1 aliphatic heterocycles. The van der Waals surface area contributed by atoms with Crippen LogP contribution in [-0.4, -0.2) is 51.6 Å². The van der Waals surface area contributed by atoms with E-state index in [0.29, 0.717) is 32.1 Å². The first-order chi connectivity index (χ1) is 11.3. The van der Waals surface area contributed by atoms with Crippen LogP contribution in [0.3, 0.4) is 0 Å². The van der Waals surface area contributed by atoms with Gasteiger partial charge in [-0.25, -0.2) is 21.9 Å². The topological polar surface area (TPSA) is 75.7 Å². The lowest BCUT2D eigenvalue weighted by molar-refractivity contribution is -0.132. The summed E-state index contributed by atoms with van der Waals surface area (Å²) in [5.41, 5.74) is 0. The molecule has 0 atom stereocenters. The molecule has 24 heavy (non-hydrogen) atoms. The van der Waals surface area contributed by atoms with Crippen LogP contribution in [0, 0.1) is 11.6 Å². The zero-order chi connectivity index (χ0) is 17.7. The summed E-state index contributed by atoms with van der Waals surface area (Å²) in [6, 6.07) is 2.26. The molecule has 0 unspecified atom stereocenters. The summed E-state index contributed by atoms with van der Waals surface area (Å²) in [5, 5.41) is 0. The summed E-state index contributed by atoms with van der Waals surface area (Å²) < 4.78 is 58.2. The van der Waals surface area contributed by atoms with Crippen molar-refractivity contribution in [2.75, 3.05) is 26.3 Å². The van der Waals surface area contributed by atoms with Gasteiger partial charge in [0.1, 0.15) is 16.5 Å². The van der Waals surface area contributed by atoms with Crippen LogP contribution in [0.15, 0.2) is 23.1 Å². The molecule has 6 nitrogen and oxygen atoms in total. The number of sulfonamides is 1. The molecule has 1 N–H and O–H groups in total. The van der Waals surface area contributed by atoms with Gasteiger partial charge in [0.25, 0.3) is 0 Å². The van der Waals surface area contributed by atoms with E-state index < -0.39 is 26.6 Å². The highest BCUT2D eigenvalue weighted by Gasteiger charge is 2.24. The zero-order valence-corrected chi connectivity index (χ0v) is 14.1. The summed E-state index contributed by atoms with van der Waals surface area (Å²) in [4.78, 5) is 12.7. The Bertz CT molecular complexity index is 691. The Balaban J connectivity index is 1.99. The number of hydrogen-bond donors (Lipinski definition) is 1. The molecule has 1 aliphatic rings. The van der Waals surface area contributed by atoms with Gasteiger partial charge in [-0.15, -0.1) is 0 Å². The maximum atomic E-state index is 13.6. The van der Waals surface area contributed by atoms with Crippen molar-refractivity contribution in [2.24, 2.45) is 0 Å². The number of nitrogens with zero attached hydrogens (tertiary/aromatic N) is 1. The van der Waals surface area contributed by atoms with E-state index in [1.807, 2.05) is 0 Å². The number of nitrogens with one attached hydrogen (secondary N) is 1. The van der Waals surface area contributed by atoms with Crippen molar-refractivity contribution in [3.63, 3.8) is 0 Å². The summed E-state index contributed by atoms with van der Waals surface area (Å²) in [5.74, 6) is -2.17. The van der Waals surface area contributed by atoms with Crippen LogP contribution in [0.1, 0.15) is 19.8 Å². The molecular formula is C15H20F2N2O4S. The number of ether oxygens (including phenoxy) is 1. The van der Waals surface area contributed by atoms with Crippen molar-refractivity contribution in [2.45, 2.75) is 30.7 Å². The van der Waals surface area contributed by atoms with E-state index in [9.17, 15) is 22.0 Å². The highest BCUT2D eigenvalue weighted by molar-refractivity contribution is 7.89. The maximum Gasteiger partial charge on any atom is 0.243 e. The van der Waals surface area contributed by atoms with Gasteiger partial charge in [0, 0.05) is 45.3 Å². The minimum absolute atomic E-state index is 0.00307. The van der Waals surface area contributed by atoms with E-state index in [4.69, 9.17) is 4.74 Å². The van der Waals surface area contributed by atoms with Gasteiger partial charge in [-0.1, -0.05) is 0 Å². The fraction of sp³-hybridized carbons (Fsp3) is 0.533. The van der Waals surface area contributed by atoms with Gasteiger partial charge in [-0.05, 0) is 25.0 Å².